The van der Waals surface area contributed by atoms with Crippen molar-refractivity contribution in [3.63, 3.8) is 0 Å². The molecular weight excluding hydrogens is 273 g/mol. The van der Waals surface area contributed by atoms with Crippen LogP contribution >= 0.6 is 23.2 Å². The minimum Gasteiger partial charge on any atom is -0.348 e. The molecule has 2 unspecified atom stereocenters. The van der Waals surface area contributed by atoms with Gasteiger partial charge in [0, 0.05) is 0 Å². The van der Waals surface area contributed by atoms with E-state index >= 15 is 0 Å². The van der Waals surface area contributed by atoms with Gasteiger partial charge in [-0.1, -0.05) is 29.3 Å². The molecule has 3 nitrogen and oxygen atoms in total. The van der Waals surface area contributed by atoms with Crippen molar-refractivity contribution in [2.24, 2.45) is 0 Å². The molecule has 1 aromatic rings. The molecule has 0 aromatic heterocycles. The summed E-state index contributed by atoms with van der Waals surface area (Å²) in [6, 6.07) is 7.41. The van der Waals surface area contributed by atoms with E-state index in [0.29, 0.717) is 16.7 Å². The van der Waals surface area contributed by atoms with Crippen LogP contribution in [0.15, 0.2) is 18.2 Å². The molecule has 0 amide bonds. The van der Waals surface area contributed by atoms with Crippen LogP contribution in [0, 0.1) is 11.3 Å². The van der Waals surface area contributed by atoms with E-state index in [0.717, 1.165) is 5.56 Å². The smallest absolute Gasteiger partial charge is 0.163 e. The fraction of sp³-hybridized carbons (Fsp3) is 0.462. The minimum absolute atomic E-state index is 0.290. The van der Waals surface area contributed by atoms with E-state index in [-0.39, 0.29) is 6.10 Å². The largest absolute Gasteiger partial charge is 0.348 e. The summed E-state index contributed by atoms with van der Waals surface area (Å²) in [5, 5.41) is 10.2. The Morgan fingerprint density at radius 1 is 1.39 bits per heavy atom. The molecule has 96 valence electrons. The monoisotopic (exact) mass is 285 g/mol. The maximum Gasteiger partial charge on any atom is 0.163 e. The van der Waals surface area contributed by atoms with Gasteiger partial charge in [0.05, 0.1) is 28.6 Å². The normalized spacial score (nSPS) is 23.6. The first-order valence-electron chi connectivity index (χ1n) is 5.59. The molecule has 1 aliphatic rings. The number of nitriles is 1. The zero-order valence-electron chi connectivity index (χ0n) is 10.1. The van der Waals surface area contributed by atoms with Crippen molar-refractivity contribution < 1.29 is 9.47 Å². The van der Waals surface area contributed by atoms with Crippen molar-refractivity contribution in [1.29, 1.82) is 5.26 Å². The lowest BCUT2D eigenvalue weighted by molar-refractivity contribution is -0.139. The number of ether oxygens (including phenoxy) is 2. The third-order valence-electron chi connectivity index (χ3n) is 2.84. The number of benzene rings is 1. The van der Waals surface area contributed by atoms with E-state index in [9.17, 15) is 5.26 Å². The second-order valence-corrected chi connectivity index (χ2v) is 5.46. The second kappa shape index (κ2) is 5.07. The molecule has 0 saturated carbocycles. The molecule has 0 aliphatic carbocycles. The summed E-state index contributed by atoms with van der Waals surface area (Å²) in [6.07, 6.45) is -0.290. The average Bonchev–Trinajstić information content (AvgIpc) is 2.65. The maximum atomic E-state index is 9.31. The summed E-state index contributed by atoms with van der Waals surface area (Å²) in [5.74, 6) is -1.06. The van der Waals surface area contributed by atoms with Crippen LogP contribution in [-0.4, -0.2) is 18.5 Å². The van der Waals surface area contributed by atoms with E-state index < -0.39 is 11.7 Å². The molecule has 1 aliphatic heterocycles. The third kappa shape index (κ3) is 2.78. The molecular formula is C13H13Cl2NO2. The quantitative estimate of drug-likeness (QED) is 0.831. The molecule has 1 fully saturated rings. The van der Waals surface area contributed by atoms with Crippen molar-refractivity contribution in [1.82, 2.24) is 0 Å². The highest BCUT2D eigenvalue weighted by molar-refractivity contribution is 6.42. The summed E-state index contributed by atoms with van der Waals surface area (Å²) >= 11 is 11.8. The molecule has 0 radical (unpaired) electrons. The van der Waals surface area contributed by atoms with Crippen LogP contribution in [0.3, 0.4) is 0 Å². The predicted molar refractivity (Wildman–Crippen MR) is 69.7 cm³/mol. The number of rotatable bonds is 2. The fourth-order valence-electron chi connectivity index (χ4n) is 1.96. The van der Waals surface area contributed by atoms with Gasteiger partial charge in [0.2, 0.25) is 0 Å². The molecule has 0 bridgehead atoms. The highest BCUT2D eigenvalue weighted by Gasteiger charge is 2.38. The van der Waals surface area contributed by atoms with Crippen molar-refractivity contribution in [2.75, 3.05) is 6.61 Å². The zero-order valence-corrected chi connectivity index (χ0v) is 11.6. The Kier molecular flexibility index (Phi) is 3.84. The Balaban J connectivity index is 2.24. The predicted octanol–water partition coefficient (Wildman–Crippen LogP) is 3.75. The van der Waals surface area contributed by atoms with Gasteiger partial charge in [0.25, 0.3) is 0 Å². The van der Waals surface area contributed by atoms with E-state index in [4.69, 9.17) is 32.7 Å². The van der Waals surface area contributed by atoms with Crippen LogP contribution in [0.4, 0.5) is 0 Å². The van der Waals surface area contributed by atoms with Gasteiger partial charge in [-0.15, -0.1) is 0 Å². The van der Waals surface area contributed by atoms with Gasteiger partial charge in [0.15, 0.2) is 5.79 Å². The van der Waals surface area contributed by atoms with E-state index in [1.165, 1.54) is 0 Å². The van der Waals surface area contributed by atoms with E-state index in [2.05, 4.69) is 6.07 Å². The fourth-order valence-corrected chi connectivity index (χ4v) is 2.26. The summed E-state index contributed by atoms with van der Waals surface area (Å²) in [4.78, 5) is 0. The average molecular weight is 286 g/mol. The lowest BCUT2D eigenvalue weighted by atomic mass is 9.95. The van der Waals surface area contributed by atoms with Crippen molar-refractivity contribution in [3.8, 4) is 6.07 Å². The first kappa shape index (κ1) is 13.6. The summed E-state index contributed by atoms with van der Waals surface area (Å²) in [7, 11) is 0. The molecule has 1 aromatic carbocycles. The summed E-state index contributed by atoms with van der Waals surface area (Å²) < 4.78 is 11.2. The Hall–Kier alpha value is -0.790. The first-order chi connectivity index (χ1) is 8.43. The van der Waals surface area contributed by atoms with Gasteiger partial charge >= 0.3 is 0 Å². The number of hydrogen-bond donors (Lipinski definition) is 0. The van der Waals surface area contributed by atoms with Crippen LogP contribution < -0.4 is 0 Å². The van der Waals surface area contributed by atoms with Gasteiger partial charge in [-0.2, -0.15) is 5.26 Å². The van der Waals surface area contributed by atoms with Gasteiger partial charge in [-0.25, -0.2) is 0 Å². The molecule has 5 heteroatoms. The summed E-state index contributed by atoms with van der Waals surface area (Å²) in [6.45, 7) is 4.05. The molecule has 1 saturated heterocycles. The molecule has 1 heterocycles. The molecule has 0 N–H and O–H groups in total. The molecule has 18 heavy (non-hydrogen) atoms. The molecule has 2 atom stereocenters. The molecule has 2 rings (SSSR count). The maximum absolute atomic E-state index is 9.31. The van der Waals surface area contributed by atoms with Crippen LogP contribution in [0.5, 0.6) is 0 Å². The number of halogens is 2. The Labute approximate surface area is 116 Å². The van der Waals surface area contributed by atoms with E-state index in [1.807, 2.05) is 13.8 Å². The standard InChI is InChI=1S/C13H13Cl2NO2/c1-13(2)17-7-12(18-13)9(6-16)8-3-4-10(14)11(15)5-8/h3-5,9,12H,7H2,1-2H3. The lowest BCUT2D eigenvalue weighted by Crippen LogP contribution is -2.25. The third-order valence-corrected chi connectivity index (χ3v) is 3.58. The summed E-state index contributed by atoms with van der Waals surface area (Å²) in [5.41, 5.74) is 0.790. The first-order valence-corrected chi connectivity index (χ1v) is 6.35. The second-order valence-electron chi connectivity index (χ2n) is 4.65. The van der Waals surface area contributed by atoms with Crippen LogP contribution in [0.2, 0.25) is 10.0 Å². The lowest BCUT2D eigenvalue weighted by Gasteiger charge is -2.20. The van der Waals surface area contributed by atoms with Crippen molar-refractivity contribution >= 4 is 23.2 Å². The highest BCUT2D eigenvalue weighted by Crippen LogP contribution is 2.34. The van der Waals surface area contributed by atoms with Crippen LogP contribution in [0.1, 0.15) is 25.3 Å². The topological polar surface area (TPSA) is 42.2 Å². The molecule has 0 spiro atoms. The van der Waals surface area contributed by atoms with Crippen LogP contribution in [-0.2, 0) is 9.47 Å². The van der Waals surface area contributed by atoms with Gasteiger partial charge in [-0.3, -0.25) is 0 Å². The van der Waals surface area contributed by atoms with Gasteiger partial charge in [0.1, 0.15) is 6.10 Å². The zero-order chi connectivity index (χ0) is 13.3. The van der Waals surface area contributed by atoms with Crippen LogP contribution in [0.25, 0.3) is 0 Å². The van der Waals surface area contributed by atoms with Gasteiger partial charge < -0.3 is 9.47 Å². The number of hydrogen-bond acceptors (Lipinski definition) is 3. The SMILES string of the molecule is CC1(C)OCC(C(C#N)c2ccc(Cl)c(Cl)c2)O1. The minimum atomic E-state index is -0.643. The Bertz CT molecular complexity index is 496. The Morgan fingerprint density at radius 3 is 2.61 bits per heavy atom. The van der Waals surface area contributed by atoms with Gasteiger partial charge in [-0.05, 0) is 31.5 Å². The van der Waals surface area contributed by atoms with Crippen molar-refractivity contribution in [3.05, 3.63) is 33.8 Å². The Morgan fingerprint density at radius 2 is 2.11 bits per heavy atom. The highest BCUT2D eigenvalue weighted by atomic mass is 35.5. The van der Waals surface area contributed by atoms with E-state index in [1.54, 1.807) is 18.2 Å². The van der Waals surface area contributed by atoms with Crippen molar-refractivity contribution in [2.45, 2.75) is 31.7 Å². The number of nitrogens with zero attached hydrogens (tertiary/aromatic N) is 1.